The summed E-state index contributed by atoms with van der Waals surface area (Å²) in [5.74, 6) is 1.19. The van der Waals surface area contributed by atoms with Crippen LogP contribution in [0.1, 0.15) is 0 Å². The van der Waals surface area contributed by atoms with Gasteiger partial charge in [0, 0.05) is 5.56 Å². The SMILES string of the molecule is CSCC(=O)Nc1ccccc1-c1nc2ccccc2[nH]1. The summed E-state index contributed by atoms with van der Waals surface area (Å²) in [6, 6.07) is 15.6. The molecule has 0 saturated carbocycles. The molecule has 0 spiro atoms. The van der Waals surface area contributed by atoms with Crippen molar-refractivity contribution < 1.29 is 4.79 Å². The van der Waals surface area contributed by atoms with Crippen LogP contribution in [0.25, 0.3) is 22.4 Å². The molecule has 0 aliphatic heterocycles. The van der Waals surface area contributed by atoms with Crippen LogP contribution in [0.5, 0.6) is 0 Å². The first-order valence-corrected chi connectivity index (χ1v) is 8.00. The molecule has 5 heteroatoms. The number of H-pyrrole nitrogens is 1. The molecule has 1 aromatic heterocycles. The maximum absolute atomic E-state index is 11.8. The second kappa shape index (κ2) is 6.01. The van der Waals surface area contributed by atoms with Crippen LogP contribution in [0.3, 0.4) is 0 Å². The highest BCUT2D eigenvalue weighted by Gasteiger charge is 2.11. The molecule has 0 aliphatic carbocycles. The van der Waals surface area contributed by atoms with Crippen molar-refractivity contribution in [1.29, 1.82) is 0 Å². The van der Waals surface area contributed by atoms with E-state index < -0.39 is 0 Å². The van der Waals surface area contributed by atoms with Crippen molar-refractivity contribution in [1.82, 2.24) is 9.97 Å². The van der Waals surface area contributed by atoms with Crippen LogP contribution in [-0.4, -0.2) is 27.9 Å². The summed E-state index contributed by atoms with van der Waals surface area (Å²) in [6.45, 7) is 0. The number of fused-ring (bicyclic) bond motifs is 1. The lowest BCUT2D eigenvalue weighted by Crippen LogP contribution is -2.14. The zero-order valence-corrected chi connectivity index (χ0v) is 12.4. The highest BCUT2D eigenvalue weighted by Crippen LogP contribution is 2.27. The van der Waals surface area contributed by atoms with E-state index in [0.29, 0.717) is 5.75 Å². The predicted molar refractivity (Wildman–Crippen MR) is 88.5 cm³/mol. The zero-order chi connectivity index (χ0) is 14.7. The first-order valence-electron chi connectivity index (χ1n) is 6.61. The molecule has 106 valence electrons. The Balaban J connectivity index is 1.99. The van der Waals surface area contributed by atoms with Gasteiger partial charge >= 0.3 is 0 Å². The summed E-state index contributed by atoms with van der Waals surface area (Å²) in [5.41, 5.74) is 3.56. The van der Waals surface area contributed by atoms with Crippen molar-refractivity contribution in [2.24, 2.45) is 0 Å². The lowest BCUT2D eigenvalue weighted by molar-refractivity contribution is -0.113. The number of aromatic amines is 1. The Labute approximate surface area is 127 Å². The molecule has 0 saturated heterocycles. The number of carbonyl (C=O) groups is 1. The van der Waals surface area contributed by atoms with Crippen LogP contribution in [-0.2, 0) is 4.79 Å². The molecule has 4 nitrogen and oxygen atoms in total. The van der Waals surface area contributed by atoms with Gasteiger partial charge in [-0.15, -0.1) is 0 Å². The van der Waals surface area contributed by atoms with Crippen molar-refractivity contribution in [3.05, 3.63) is 48.5 Å². The molecule has 1 heterocycles. The third-order valence-corrected chi connectivity index (χ3v) is 3.67. The Kier molecular flexibility index (Phi) is 3.92. The third kappa shape index (κ3) is 2.92. The summed E-state index contributed by atoms with van der Waals surface area (Å²) < 4.78 is 0. The average Bonchev–Trinajstić information content (AvgIpc) is 2.91. The fourth-order valence-electron chi connectivity index (χ4n) is 2.20. The molecule has 3 aromatic rings. The highest BCUT2D eigenvalue weighted by molar-refractivity contribution is 7.99. The van der Waals surface area contributed by atoms with Crippen LogP contribution >= 0.6 is 11.8 Å². The Morgan fingerprint density at radius 2 is 1.95 bits per heavy atom. The molecule has 0 aliphatic rings. The van der Waals surface area contributed by atoms with E-state index in [2.05, 4.69) is 15.3 Å². The zero-order valence-electron chi connectivity index (χ0n) is 11.6. The van der Waals surface area contributed by atoms with E-state index in [0.717, 1.165) is 28.1 Å². The standard InChI is InChI=1S/C16H15N3OS/c1-21-10-15(20)17-12-7-3-2-6-11(12)16-18-13-8-4-5-9-14(13)19-16/h2-9H,10H2,1H3,(H,17,20)(H,18,19). The number of carbonyl (C=O) groups excluding carboxylic acids is 1. The Morgan fingerprint density at radius 3 is 2.76 bits per heavy atom. The summed E-state index contributed by atoms with van der Waals surface area (Å²) in [5, 5.41) is 2.93. The lowest BCUT2D eigenvalue weighted by atomic mass is 10.1. The number of hydrogen-bond donors (Lipinski definition) is 2. The van der Waals surface area contributed by atoms with E-state index in [9.17, 15) is 4.79 Å². The fraction of sp³-hybridized carbons (Fsp3) is 0.125. The molecule has 0 radical (unpaired) electrons. The Hall–Kier alpha value is -2.27. The first-order chi connectivity index (χ1) is 10.3. The topological polar surface area (TPSA) is 57.8 Å². The van der Waals surface area contributed by atoms with Crippen molar-refractivity contribution in [3.8, 4) is 11.4 Å². The van der Waals surface area contributed by atoms with Gasteiger partial charge in [-0.05, 0) is 30.5 Å². The Bertz CT molecular complexity index is 749. The predicted octanol–water partition coefficient (Wildman–Crippen LogP) is 3.53. The van der Waals surface area contributed by atoms with Crippen LogP contribution in [0.15, 0.2) is 48.5 Å². The van der Waals surface area contributed by atoms with Crippen molar-refractivity contribution in [2.45, 2.75) is 0 Å². The van der Waals surface area contributed by atoms with Crippen molar-refractivity contribution in [3.63, 3.8) is 0 Å². The summed E-state index contributed by atoms with van der Waals surface area (Å²) in [7, 11) is 0. The second-order valence-corrected chi connectivity index (χ2v) is 5.50. The van der Waals surface area contributed by atoms with Gasteiger partial charge in [-0.25, -0.2) is 4.98 Å². The van der Waals surface area contributed by atoms with Gasteiger partial charge in [-0.1, -0.05) is 24.3 Å². The van der Waals surface area contributed by atoms with Gasteiger partial charge in [0.15, 0.2) is 0 Å². The minimum absolute atomic E-state index is 0.00828. The quantitative estimate of drug-likeness (QED) is 0.774. The molecular formula is C16H15N3OS. The van der Waals surface area contributed by atoms with Gasteiger partial charge in [-0.2, -0.15) is 11.8 Å². The van der Waals surface area contributed by atoms with E-state index >= 15 is 0 Å². The minimum atomic E-state index is -0.00828. The number of hydrogen-bond acceptors (Lipinski definition) is 3. The first kappa shape index (κ1) is 13.7. The number of anilines is 1. The third-order valence-electron chi connectivity index (χ3n) is 3.12. The molecule has 0 unspecified atom stereocenters. The molecular weight excluding hydrogens is 282 g/mol. The smallest absolute Gasteiger partial charge is 0.234 e. The number of rotatable bonds is 4. The molecule has 21 heavy (non-hydrogen) atoms. The molecule has 2 aromatic carbocycles. The summed E-state index contributed by atoms with van der Waals surface area (Å²) in [4.78, 5) is 19.7. The number of para-hydroxylation sites is 3. The van der Waals surface area contributed by atoms with Gasteiger partial charge in [0.1, 0.15) is 5.82 Å². The Morgan fingerprint density at radius 1 is 1.19 bits per heavy atom. The van der Waals surface area contributed by atoms with Gasteiger partial charge in [0.05, 0.1) is 22.5 Å². The highest BCUT2D eigenvalue weighted by atomic mass is 32.2. The molecule has 0 bridgehead atoms. The van der Waals surface area contributed by atoms with E-state index in [1.54, 1.807) is 0 Å². The van der Waals surface area contributed by atoms with E-state index in [4.69, 9.17) is 0 Å². The number of nitrogens with zero attached hydrogens (tertiary/aromatic N) is 1. The van der Waals surface area contributed by atoms with Gasteiger partial charge in [0.25, 0.3) is 0 Å². The number of amides is 1. The monoisotopic (exact) mass is 297 g/mol. The number of aromatic nitrogens is 2. The van der Waals surface area contributed by atoms with Gasteiger partial charge in [0.2, 0.25) is 5.91 Å². The van der Waals surface area contributed by atoms with Crippen LogP contribution in [0, 0.1) is 0 Å². The van der Waals surface area contributed by atoms with E-state index in [-0.39, 0.29) is 5.91 Å². The van der Waals surface area contributed by atoms with Gasteiger partial charge < -0.3 is 10.3 Å². The van der Waals surface area contributed by atoms with Crippen molar-refractivity contribution in [2.75, 3.05) is 17.3 Å². The molecule has 1 amide bonds. The van der Waals surface area contributed by atoms with Crippen LogP contribution in [0.2, 0.25) is 0 Å². The number of benzene rings is 2. The number of thioether (sulfide) groups is 1. The number of nitrogens with one attached hydrogen (secondary N) is 2. The molecule has 0 fully saturated rings. The van der Waals surface area contributed by atoms with Crippen LogP contribution < -0.4 is 5.32 Å². The van der Waals surface area contributed by atoms with Crippen LogP contribution in [0.4, 0.5) is 5.69 Å². The largest absolute Gasteiger partial charge is 0.338 e. The van der Waals surface area contributed by atoms with Crippen molar-refractivity contribution >= 4 is 34.4 Å². The normalized spacial score (nSPS) is 10.7. The second-order valence-electron chi connectivity index (χ2n) is 4.63. The summed E-state index contributed by atoms with van der Waals surface area (Å²) >= 11 is 1.50. The van der Waals surface area contributed by atoms with Gasteiger partial charge in [-0.3, -0.25) is 4.79 Å². The molecule has 0 atom stereocenters. The average molecular weight is 297 g/mol. The van der Waals surface area contributed by atoms with E-state index in [1.165, 1.54) is 11.8 Å². The van der Waals surface area contributed by atoms with E-state index in [1.807, 2.05) is 54.8 Å². The lowest BCUT2D eigenvalue weighted by Gasteiger charge is -2.08. The molecule has 3 rings (SSSR count). The maximum atomic E-state index is 11.8. The number of imidazole rings is 1. The fourth-order valence-corrected chi connectivity index (χ4v) is 2.53. The summed E-state index contributed by atoms with van der Waals surface area (Å²) in [6.07, 6.45) is 1.91. The molecule has 2 N–H and O–H groups in total. The minimum Gasteiger partial charge on any atom is -0.338 e. The maximum Gasteiger partial charge on any atom is 0.234 e.